The second kappa shape index (κ2) is 5.29. The molecule has 1 atom stereocenters. The summed E-state index contributed by atoms with van der Waals surface area (Å²) in [5, 5.41) is 1.43. The van der Waals surface area contributed by atoms with Gasteiger partial charge in [-0.15, -0.1) is 0 Å². The minimum Gasteiger partial charge on any atom is -0.398 e. The second-order valence-electron chi connectivity index (χ2n) is 5.24. The van der Waals surface area contributed by atoms with Crippen LogP contribution >= 0.6 is 0 Å². The van der Waals surface area contributed by atoms with Crippen LogP contribution in [0.1, 0.15) is 6.92 Å². The quantitative estimate of drug-likeness (QED) is 0.859. The molecule has 0 radical (unpaired) electrons. The monoisotopic (exact) mass is 306 g/mol. The molecule has 0 aromatic heterocycles. The fourth-order valence-corrected chi connectivity index (χ4v) is 4.51. The van der Waals surface area contributed by atoms with Gasteiger partial charge in [0.25, 0.3) is 0 Å². The van der Waals surface area contributed by atoms with Gasteiger partial charge >= 0.3 is 0 Å². The predicted molar refractivity (Wildman–Crippen MR) is 82.5 cm³/mol. The highest BCUT2D eigenvalue weighted by molar-refractivity contribution is 7.89. The van der Waals surface area contributed by atoms with Gasteiger partial charge in [0.2, 0.25) is 10.0 Å². The molecule has 1 heterocycles. The lowest BCUT2D eigenvalue weighted by atomic mass is 10.1. The van der Waals surface area contributed by atoms with Crippen LogP contribution in [0.25, 0.3) is 10.8 Å². The topological polar surface area (TPSA) is 72.6 Å². The zero-order valence-electron chi connectivity index (χ0n) is 11.8. The van der Waals surface area contributed by atoms with Gasteiger partial charge in [0, 0.05) is 29.0 Å². The molecule has 112 valence electrons. The van der Waals surface area contributed by atoms with E-state index in [1.807, 2.05) is 25.1 Å². The van der Waals surface area contributed by atoms with E-state index in [1.54, 1.807) is 18.2 Å². The summed E-state index contributed by atoms with van der Waals surface area (Å²) in [6.45, 7) is 3.08. The van der Waals surface area contributed by atoms with E-state index >= 15 is 0 Å². The van der Waals surface area contributed by atoms with Crippen molar-refractivity contribution < 1.29 is 13.2 Å². The number of ether oxygens (including phenoxy) is 1. The smallest absolute Gasteiger partial charge is 0.244 e. The van der Waals surface area contributed by atoms with E-state index < -0.39 is 10.0 Å². The summed E-state index contributed by atoms with van der Waals surface area (Å²) < 4.78 is 32.7. The maximum atomic E-state index is 13.0. The Labute approximate surface area is 124 Å². The first-order valence-corrected chi connectivity index (χ1v) is 8.32. The Morgan fingerprint density at radius 2 is 1.90 bits per heavy atom. The first kappa shape index (κ1) is 14.3. The highest BCUT2D eigenvalue weighted by Crippen LogP contribution is 2.30. The Balaban J connectivity index is 2.17. The van der Waals surface area contributed by atoms with E-state index in [0.717, 1.165) is 5.39 Å². The third kappa shape index (κ3) is 2.39. The predicted octanol–water partition coefficient (Wildman–Crippen LogP) is 1.83. The molecular weight excluding hydrogens is 288 g/mol. The summed E-state index contributed by atoms with van der Waals surface area (Å²) in [5.74, 6) is 0. The molecule has 0 aliphatic carbocycles. The average Bonchev–Trinajstić information content (AvgIpc) is 2.48. The fraction of sp³-hybridized carbons (Fsp3) is 0.333. The van der Waals surface area contributed by atoms with Crippen LogP contribution in [0.5, 0.6) is 0 Å². The van der Waals surface area contributed by atoms with Gasteiger partial charge in [-0.1, -0.05) is 24.3 Å². The number of fused-ring (bicyclic) bond motifs is 1. The summed E-state index contributed by atoms with van der Waals surface area (Å²) in [7, 11) is -3.56. The zero-order chi connectivity index (χ0) is 15.0. The fourth-order valence-electron chi connectivity index (χ4n) is 2.72. The zero-order valence-corrected chi connectivity index (χ0v) is 12.6. The van der Waals surface area contributed by atoms with Gasteiger partial charge in [0.05, 0.1) is 18.1 Å². The van der Waals surface area contributed by atoms with Crippen molar-refractivity contribution in [2.45, 2.75) is 17.9 Å². The summed E-state index contributed by atoms with van der Waals surface area (Å²) >= 11 is 0. The van der Waals surface area contributed by atoms with Crippen LogP contribution in [-0.2, 0) is 14.8 Å². The number of rotatable bonds is 2. The highest BCUT2D eigenvalue weighted by Gasteiger charge is 2.32. The number of hydrogen-bond donors (Lipinski definition) is 1. The normalized spacial score (nSPS) is 20.7. The maximum absolute atomic E-state index is 13.0. The van der Waals surface area contributed by atoms with Crippen molar-refractivity contribution >= 4 is 26.5 Å². The third-order valence-electron chi connectivity index (χ3n) is 3.81. The molecule has 3 rings (SSSR count). The van der Waals surface area contributed by atoms with Crippen molar-refractivity contribution in [3.8, 4) is 0 Å². The number of sulfonamides is 1. The number of anilines is 1. The molecule has 1 aliphatic rings. The minimum atomic E-state index is -3.56. The summed E-state index contributed by atoms with van der Waals surface area (Å²) in [6, 6.07) is 10.4. The van der Waals surface area contributed by atoms with Gasteiger partial charge in [0.15, 0.2) is 0 Å². The molecule has 0 amide bonds. The highest BCUT2D eigenvalue weighted by atomic mass is 32.2. The number of benzene rings is 2. The number of nitrogen functional groups attached to an aromatic ring is 1. The van der Waals surface area contributed by atoms with Crippen LogP contribution in [0.4, 0.5) is 5.69 Å². The number of morpholine rings is 1. The summed E-state index contributed by atoms with van der Waals surface area (Å²) in [4.78, 5) is 0.307. The molecule has 6 heteroatoms. The molecule has 1 aliphatic heterocycles. The molecule has 2 aromatic rings. The molecule has 21 heavy (non-hydrogen) atoms. The van der Waals surface area contributed by atoms with E-state index in [1.165, 1.54) is 4.31 Å². The lowest BCUT2D eigenvalue weighted by Crippen LogP contribution is -2.46. The van der Waals surface area contributed by atoms with Crippen LogP contribution in [0.2, 0.25) is 0 Å². The van der Waals surface area contributed by atoms with Crippen LogP contribution < -0.4 is 5.73 Å². The Bertz CT molecular complexity index is 774. The van der Waals surface area contributed by atoms with Crippen molar-refractivity contribution in [2.24, 2.45) is 0 Å². The molecule has 2 N–H and O–H groups in total. The van der Waals surface area contributed by atoms with E-state index in [4.69, 9.17) is 10.5 Å². The molecule has 5 nitrogen and oxygen atoms in total. The van der Waals surface area contributed by atoms with E-state index in [2.05, 4.69) is 0 Å². The van der Waals surface area contributed by atoms with Gasteiger partial charge in [-0.3, -0.25) is 0 Å². The summed E-state index contributed by atoms with van der Waals surface area (Å²) in [6.07, 6.45) is 0. The average molecular weight is 306 g/mol. The van der Waals surface area contributed by atoms with Gasteiger partial charge < -0.3 is 10.5 Å². The molecular formula is C15H18N2O3S. The second-order valence-corrected chi connectivity index (χ2v) is 7.10. The molecule has 2 aromatic carbocycles. The van der Waals surface area contributed by atoms with Crippen LogP contribution in [0.3, 0.4) is 0 Å². The Kier molecular flexibility index (Phi) is 3.61. The lowest BCUT2D eigenvalue weighted by molar-refractivity contribution is 0.0393. The first-order valence-electron chi connectivity index (χ1n) is 6.88. The minimum absolute atomic E-state index is 0.167. The molecule has 0 spiro atoms. The van der Waals surface area contributed by atoms with E-state index in [0.29, 0.717) is 35.7 Å². The summed E-state index contributed by atoms with van der Waals surface area (Å²) in [5.41, 5.74) is 6.53. The number of nitrogens with zero attached hydrogens (tertiary/aromatic N) is 1. The van der Waals surface area contributed by atoms with E-state index in [9.17, 15) is 8.42 Å². The third-order valence-corrected chi connectivity index (χ3v) is 5.88. The van der Waals surface area contributed by atoms with Crippen molar-refractivity contribution in [2.75, 3.05) is 25.5 Å². The van der Waals surface area contributed by atoms with Crippen molar-refractivity contribution in [3.63, 3.8) is 0 Å². The molecule has 1 saturated heterocycles. The van der Waals surface area contributed by atoms with Crippen molar-refractivity contribution in [3.05, 3.63) is 36.4 Å². The number of nitrogens with two attached hydrogens (primary N) is 1. The Morgan fingerprint density at radius 3 is 2.62 bits per heavy atom. The molecule has 0 bridgehead atoms. The maximum Gasteiger partial charge on any atom is 0.244 e. The van der Waals surface area contributed by atoms with Crippen molar-refractivity contribution in [1.29, 1.82) is 0 Å². The van der Waals surface area contributed by atoms with E-state index in [-0.39, 0.29) is 6.04 Å². The largest absolute Gasteiger partial charge is 0.398 e. The Hall–Kier alpha value is -1.63. The van der Waals surface area contributed by atoms with Crippen LogP contribution in [0, 0.1) is 0 Å². The van der Waals surface area contributed by atoms with Crippen LogP contribution in [0.15, 0.2) is 41.3 Å². The van der Waals surface area contributed by atoms with Gasteiger partial charge in [-0.05, 0) is 19.1 Å². The Morgan fingerprint density at radius 1 is 1.19 bits per heavy atom. The standard InChI is InChI=1S/C15H18N2O3S/c1-11-10-20-9-8-17(11)21(18,19)15-7-6-14(16)12-4-2-3-5-13(12)15/h2-7,11H,8-10,16H2,1H3. The molecule has 1 unspecified atom stereocenters. The number of hydrogen-bond acceptors (Lipinski definition) is 4. The molecule has 1 fully saturated rings. The SMILES string of the molecule is CC1COCCN1S(=O)(=O)c1ccc(N)c2ccccc12. The van der Waals surface area contributed by atoms with Gasteiger partial charge in [-0.2, -0.15) is 4.31 Å². The van der Waals surface area contributed by atoms with Gasteiger partial charge in [-0.25, -0.2) is 8.42 Å². The van der Waals surface area contributed by atoms with Gasteiger partial charge in [0.1, 0.15) is 0 Å². The van der Waals surface area contributed by atoms with Crippen molar-refractivity contribution in [1.82, 2.24) is 4.31 Å². The lowest BCUT2D eigenvalue weighted by Gasteiger charge is -2.32. The molecule has 0 saturated carbocycles. The van der Waals surface area contributed by atoms with Crippen LogP contribution in [-0.4, -0.2) is 38.5 Å². The first-order chi connectivity index (χ1) is 10.0.